The van der Waals surface area contributed by atoms with E-state index < -0.39 is 8.32 Å². The van der Waals surface area contributed by atoms with Gasteiger partial charge in [0, 0.05) is 13.0 Å². The van der Waals surface area contributed by atoms with E-state index in [-0.39, 0.29) is 0 Å². The van der Waals surface area contributed by atoms with Gasteiger partial charge >= 0.3 is 0 Å². The Morgan fingerprint density at radius 1 is 1.11 bits per heavy atom. The zero-order valence-corrected chi connectivity index (χ0v) is 13.9. The topological polar surface area (TPSA) is 9.23 Å². The summed E-state index contributed by atoms with van der Waals surface area (Å²) < 4.78 is 6.33. The summed E-state index contributed by atoms with van der Waals surface area (Å²) >= 11 is 0. The van der Waals surface area contributed by atoms with Crippen LogP contribution in [0.2, 0.25) is 18.1 Å². The van der Waals surface area contributed by atoms with E-state index in [0.29, 0.717) is 5.04 Å². The van der Waals surface area contributed by atoms with E-state index in [1.807, 2.05) is 0 Å². The number of hydrogen-bond donors (Lipinski definition) is 0. The van der Waals surface area contributed by atoms with E-state index in [1.54, 1.807) is 0 Å². The summed E-state index contributed by atoms with van der Waals surface area (Å²) in [5.74, 6) is 4.35. The lowest BCUT2D eigenvalue weighted by molar-refractivity contribution is 0.172. The minimum atomic E-state index is -1.55. The Morgan fingerprint density at radius 3 is 2.06 bits per heavy atom. The van der Waals surface area contributed by atoms with Crippen molar-refractivity contribution in [3.05, 3.63) is 0 Å². The van der Waals surface area contributed by atoms with Crippen molar-refractivity contribution in [2.24, 2.45) is 11.8 Å². The van der Waals surface area contributed by atoms with Crippen LogP contribution in [0.1, 0.15) is 52.9 Å². The van der Waals surface area contributed by atoms with Crippen LogP contribution in [0.15, 0.2) is 0 Å². The number of rotatable bonds is 4. The number of hydrogen-bond acceptors (Lipinski definition) is 1. The lowest BCUT2D eigenvalue weighted by Gasteiger charge is -2.38. The van der Waals surface area contributed by atoms with Crippen LogP contribution in [0.5, 0.6) is 0 Å². The summed E-state index contributed by atoms with van der Waals surface area (Å²) in [4.78, 5) is 0. The first-order valence-corrected chi connectivity index (χ1v) is 10.2. The Morgan fingerprint density at radius 2 is 1.61 bits per heavy atom. The third-order valence-electron chi connectivity index (χ3n) is 4.86. The van der Waals surface area contributed by atoms with Gasteiger partial charge in [-0.05, 0) is 55.7 Å². The highest BCUT2D eigenvalue weighted by Crippen LogP contribution is 2.38. The maximum atomic E-state index is 6.33. The molecule has 1 saturated carbocycles. The molecular formula is C16H30OSi. The Balaban J connectivity index is 2.32. The fourth-order valence-electron chi connectivity index (χ4n) is 2.31. The van der Waals surface area contributed by atoms with Crippen LogP contribution >= 0.6 is 0 Å². The van der Waals surface area contributed by atoms with Crippen LogP contribution in [-0.4, -0.2) is 14.9 Å². The highest BCUT2D eigenvalue weighted by atomic mass is 28.4. The van der Waals surface area contributed by atoms with Crippen LogP contribution in [0.3, 0.4) is 0 Å². The van der Waals surface area contributed by atoms with E-state index in [0.717, 1.165) is 24.9 Å². The van der Waals surface area contributed by atoms with Crippen LogP contribution in [0, 0.1) is 24.2 Å². The molecule has 0 bridgehead atoms. The van der Waals surface area contributed by atoms with Gasteiger partial charge in [0.05, 0.1) is 0 Å². The Kier molecular flexibility index (Phi) is 5.49. The van der Waals surface area contributed by atoms with Crippen LogP contribution in [0.25, 0.3) is 0 Å². The number of terminal acetylenes is 1. The molecule has 1 nitrogen and oxygen atoms in total. The van der Waals surface area contributed by atoms with Gasteiger partial charge in [-0.1, -0.05) is 20.8 Å². The van der Waals surface area contributed by atoms with Crippen molar-refractivity contribution >= 4 is 8.32 Å². The maximum Gasteiger partial charge on any atom is 0.191 e. The van der Waals surface area contributed by atoms with Crippen molar-refractivity contribution < 1.29 is 4.43 Å². The molecule has 0 radical (unpaired) electrons. The van der Waals surface area contributed by atoms with Crippen molar-refractivity contribution in [2.45, 2.75) is 71.0 Å². The molecule has 0 saturated heterocycles. The molecular weight excluding hydrogens is 236 g/mol. The molecule has 1 aliphatic rings. The molecule has 0 aromatic carbocycles. The minimum Gasteiger partial charge on any atom is -0.417 e. The lowest BCUT2D eigenvalue weighted by atomic mass is 9.81. The molecule has 1 fully saturated rings. The normalized spacial score (nSPS) is 25.8. The average Bonchev–Trinajstić information content (AvgIpc) is 2.27. The lowest BCUT2D eigenvalue weighted by Crippen LogP contribution is -2.42. The van der Waals surface area contributed by atoms with E-state index >= 15 is 0 Å². The summed E-state index contributed by atoms with van der Waals surface area (Å²) in [6, 6.07) is 0. The predicted molar refractivity (Wildman–Crippen MR) is 82.0 cm³/mol. The largest absolute Gasteiger partial charge is 0.417 e. The van der Waals surface area contributed by atoms with Gasteiger partial charge in [0.15, 0.2) is 8.32 Å². The second kappa shape index (κ2) is 6.26. The van der Waals surface area contributed by atoms with Crippen molar-refractivity contribution in [1.82, 2.24) is 0 Å². The SMILES string of the molecule is C#CCC1CCC(CO[Si](C)(C)C(C)(C)C)CC1. The fraction of sp³-hybridized carbons (Fsp3) is 0.875. The van der Waals surface area contributed by atoms with Crippen molar-refractivity contribution in [3.63, 3.8) is 0 Å². The van der Waals surface area contributed by atoms with Gasteiger partial charge in [-0.3, -0.25) is 0 Å². The summed E-state index contributed by atoms with van der Waals surface area (Å²) in [7, 11) is -1.55. The Bertz CT molecular complexity index is 287. The molecule has 0 aromatic rings. The van der Waals surface area contributed by atoms with Gasteiger partial charge in [0.1, 0.15) is 0 Å². The van der Waals surface area contributed by atoms with Gasteiger partial charge in [-0.15, -0.1) is 12.3 Å². The van der Waals surface area contributed by atoms with E-state index in [4.69, 9.17) is 10.8 Å². The van der Waals surface area contributed by atoms with Crippen molar-refractivity contribution in [2.75, 3.05) is 6.61 Å². The molecule has 0 aromatic heterocycles. The predicted octanol–water partition coefficient (Wildman–Crippen LogP) is 4.84. The van der Waals surface area contributed by atoms with E-state index in [9.17, 15) is 0 Å². The standard InChI is InChI=1S/C16H30OSi/c1-7-8-14-9-11-15(12-10-14)13-17-18(5,6)16(2,3)4/h1,14-15H,8-13H2,2-6H3. The summed E-state index contributed by atoms with van der Waals surface area (Å²) in [6.45, 7) is 12.6. The van der Waals surface area contributed by atoms with Crippen LogP contribution in [0.4, 0.5) is 0 Å². The smallest absolute Gasteiger partial charge is 0.191 e. The van der Waals surface area contributed by atoms with Crippen molar-refractivity contribution in [3.8, 4) is 12.3 Å². The fourth-order valence-corrected chi connectivity index (χ4v) is 3.40. The molecule has 0 aliphatic heterocycles. The molecule has 18 heavy (non-hydrogen) atoms. The Labute approximate surface area is 115 Å². The molecule has 1 rings (SSSR count). The molecule has 0 atom stereocenters. The van der Waals surface area contributed by atoms with Gasteiger partial charge in [-0.2, -0.15) is 0 Å². The monoisotopic (exact) mass is 266 g/mol. The molecule has 0 spiro atoms. The van der Waals surface area contributed by atoms with E-state index in [2.05, 4.69) is 39.8 Å². The summed E-state index contributed by atoms with van der Waals surface area (Å²) in [6.07, 6.45) is 11.6. The van der Waals surface area contributed by atoms with Gasteiger partial charge in [-0.25, -0.2) is 0 Å². The molecule has 104 valence electrons. The summed E-state index contributed by atoms with van der Waals surface area (Å²) in [5, 5.41) is 0.327. The highest BCUT2D eigenvalue weighted by molar-refractivity contribution is 6.74. The second-order valence-corrected chi connectivity index (χ2v) is 12.2. The zero-order chi connectivity index (χ0) is 13.8. The summed E-state index contributed by atoms with van der Waals surface area (Å²) in [5.41, 5.74) is 0. The van der Waals surface area contributed by atoms with Gasteiger partial charge in [0.2, 0.25) is 0 Å². The zero-order valence-electron chi connectivity index (χ0n) is 12.9. The maximum absolute atomic E-state index is 6.33. The first-order valence-electron chi connectivity index (χ1n) is 7.33. The Hall–Kier alpha value is -0.263. The second-order valence-electron chi connectivity index (χ2n) is 7.37. The minimum absolute atomic E-state index is 0.327. The van der Waals surface area contributed by atoms with Crippen LogP contribution in [-0.2, 0) is 4.43 Å². The van der Waals surface area contributed by atoms with Crippen LogP contribution < -0.4 is 0 Å². The quantitative estimate of drug-likeness (QED) is 0.523. The molecule has 0 unspecified atom stereocenters. The molecule has 0 amide bonds. The molecule has 0 N–H and O–H groups in total. The van der Waals surface area contributed by atoms with Gasteiger partial charge < -0.3 is 4.43 Å². The first kappa shape index (κ1) is 15.8. The molecule has 0 heterocycles. The average molecular weight is 267 g/mol. The highest BCUT2D eigenvalue weighted by Gasteiger charge is 2.37. The molecule has 1 aliphatic carbocycles. The van der Waals surface area contributed by atoms with Gasteiger partial charge in [0.25, 0.3) is 0 Å². The van der Waals surface area contributed by atoms with E-state index in [1.165, 1.54) is 25.7 Å². The third kappa shape index (κ3) is 4.44. The molecule has 2 heteroatoms. The first-order chi connectivity index (χ1) is 8.26. The third-order valence-corrected chi connectivity index (χ3v) is 9.36. The van der Waals surface area contributed by atoms with Crippen molar-refractivity contribution in [1.29, 1.82) is 0 Å².